The van der Waals surface area contributed by atoms with E-state index in [0.29, 0.717) is 5.95 Å². The van der Waals surface area contributed by atoms with E-state index in [0.717, 1.165) is 37.4 Å². The lowest BCUT2D eigenvalue weighted by molar-refractivity contribution is 0.698. The molecule has 126 valence electrons. The summed E-state index contributed by atoms with van der Waals surface area (Å²) >= 11 is 0. The minimum absolute atomic E-state index is 0.675. The van der Waals surface area contributed by atoms with Crippen LogP contribution in [-0.2, 0) is 19.4 Å². The Bertz CT molecular complexity index is 877. The first-order chi connectivity index (χ1) is 12.3. The summed E-state index contributed by atoms with van der Waals surface area (Å²) in [7, 11) is 0. The number of benzene rings is 2. The maximum atomic E-state index is 4.68. The van der Waals surface area contributed by atoms with Crippen LogP contribution in [0.1, 0.15) is 23.6 Å². The highest BCUT2D eigenvalue weighted by Gasteiger charge is 2.18. The van der Waals surface area contributed by atoms with Crippen LogP contribution >= 0.6 is 0 Å². The Morgan fingerprint density at radius 1 is 1.04 bits per heavy atom. The molecule has 0 spiro atoms. The van der Waals surface area contributed by atoms with Crippen LogP contribution in [0.4, 0.5) is 17.5 Å². The van der Waals surface area contributed by atoms with Gasteiger partial charge in [-0.2, -0.15) is 10.1 Å². The molecule has 1 aliphatic heterocycles. The van der Waals surface area contributed by atoms with Gasteiger partial charge in [-0.15, -0.1) is 5.10 Å². The van der Waals surface area contributed by atoms with Crippen molar-refractivity contribution in [3.63, 3.8) is 0 Å². The van der Waals surface area contributed by atoms with Crippen LogP contribution in [0, 0.1) is 0 Å². The van der Waals surface area contributed by atoms with Gasteiger partial charge in [0.1, 0.15) is 0 Å². The molecule has 0 radical (unpaired) electrons. The van der Waals surface area contributed by atoms with Gasteiger partial charge in [0.2, 0.25) is 5.95 Å². The standard InChI is InChI=1S/C20H21N5/c1-2-15-7-5-6-10-18(15)22-19-13-21-24-20(23-19)25-12-11-16-8-3-4-9-17(16)14-25/h3-10,13H,2,11-12,14H2,1H3,(H,22,23,24). The minimum Gasteiger partial charge on any atom is -0.339 e. The highest BCUT2D eigenvalue weighted by molar-refractivity contribution is 5.60. The predicted molar refractivity (Wildman–Crippen MR) is 100 cm³/mol. The van der Waals surface area contributed by atoms with E-state index in [2.05, 4.69) is 74.8 Å². The van der Waals surface area contributed by atoms with Crippen molar-refractivity contribution in [2.45, 2.75) is 26.3 Å². The summed E-state index contributed by atoms with van der Waals surface area (Å²) in [6.45, 7) is 3.88. The number of rotatable bonds is 4. The van der Waals surface area contributed by atoms with Gasteiger partial charge < -0.3 is 10.2 Å². The van der Waals surface area contributed by atoms with E-state index in [1.54, 1.807) is 6.20 Å². The molecule has 1 N–H and O–H groups in total. The lowest BCUT2D eigenvalue weighted by Crippen LogP contribution is -2.32. The van der Waals surface area contributed by atoms with Crippen molar-refractivity contribution in [1.29, 1.82) is 0 Å². The summed E-state index contributed by atoms with van der Waals surface area (Å²) in [5, 5.41) is 11.8. The van der Waals surface area contributed by atoms with Crippen molar-refractivity contribution in [2.24, 2.45) is 0 Å². The normalized spacial score (nSPS) is 13.4. The van der Waals surface area contributed by atoms with Gasteiger partial charge in [-0.05, 0) is 35.6 Å². The zero-order valence-corrected chi connectivity index (χ0v) is 14.3. The molecule has 5 heteroatoms. The fourth-order valence-corrected chi connectivity index (χ4v) is 3.24. The van der Waals surface area contributed by atoms with Crippen molar-refractivity contribution in [3.8, 4) is 0 Å². The molecule has 5 nitrogen and oxygen atoms in total. The molecule has 0 bridgehead atoms. The Balaban J connectivity index is 1.56. The number of nitrogens with one attached hydrogen (secondary N) is 1. The first-order valence-electron chi connectivity index (χ1n) is 8.70. The molecule has 1 aliphatic rings. The Labute approximate surface area is 147 Å². The molecule has 0 aliphatic carbocycles. The number of hydrogen-bond acceptors (Lipinski definition) is 5. The van der Waals surface area contributed by atoms with Crippen LogP contribution < -0.4 is 10.2 Å². The van der Waals surface area contributed by atoms with Crippen LogP contribution in [-0.4, -0.2) is 21.7 Å². The summed E-state index contributed by atoms with van der Waals surface area (Å²) < 4.78 is 0. The van der Waals surface area contributed by atoms with E-state index in [1.807, 2.05) is 6.07 Å². The first kappa shape index (κ1) is 15.6. The van der Waals surface area contributed by atoms with Gasteiger partial charge in [0.15, 0.2) is 5.82 Å². The molecule has 0 saturated heterocycles. The van der Waals surface area contributed by atoms with E-state index >= 15 is 0 Å². The monoisotopic (exact) mass is 331 g/mol. The highest BCUT2D eigenvalue weighted by Crippen LogP contribution is 2.24. The zero-order valence-electron chi connectivity index (χ0n) is 14.3. The maximum absolute atomic E-state index is 4.68. The van der Waals surface area contributed by atoms with Gasteiger partial charge in [-0.1, -0.05) is 49.4 Å². The zero-order chi connectivity index (χ0) is 17.1. The van der Waals surface area contributed by atoms with Crippen molar-refractivity contribution < 1.29 is 0 Å². The van der Waals surface area contributed by atoms with E-state index in [1.165, 1.54) is 16.7 Å². The molecule has 0 atom stereocenters. The average molecular weight is 331 g/mol. The molecular formula is C20H21N5. The van der Waals surface area contributed by atoms with E-state index in [4.69, 9.17) is 0 Å². The predicted octanol–water partition coefficient (Wildman–Crippen LogP) is 3.74. The summed E-state index contributed by atoms with van der Waals surface area (Å²) in [4.78, 5) is 6.87. The molecule has 0 unspecified atom stereocenters. The molecule has 4 rings (SSSR count). The van der Waals surface area contributed by atoms with Crippen LogP contribution in [0.15, 0.2) is 54.7 Å². The Hall–Kier alpha value is -2.95. The maximum Gasteiger partial charge on any atom is 0.247 e. The molecule has 3 aromatic rings. The lowest BCUT2D eigenvalue weighted by Gasteiger charge is -2.28. The van der Waals surface area contributed by atoms with E-state index < -0.39 is 0 Å². The second-order valence-electron chi connectivity index (χ2n) is 6.22. The molecule has 2 aromatic carbocycles. The SMILES string of the molecule is CCc1ccccc1Nc1cnnc(N2CCc3ccccc3C2)n1. The summed E-state index contributed by atoms with van der Waals surface area (Å²) in [5.41, 5.74) is 5.08. The first-order valence-corrected chi connectivity index (χ1v) is 8.70. The van der Waals surface area contributed by atoms with Gasteiger partial charge in [0, 0.05) is 18.8 Å². The topological polar surface area (TPSA) is 53.9 Å². The number of hydrogen-bond donors (Lipinski definition) is 1. The molecule has 0 fully saturated rings. The number of aryl methyl sites for hydroxylation is 1. The fourth-order valence-electron chi connectivity index (χ4n) is 3.24. The van der Waals surface area contributed by atoms with Crippen LogP contribution in [0.2, 0.25) is 0 Å². The number of anilines is 3. The van der Waals surface area contributed by atoms with E-state index in [-0.39, 0.29) is 0 Å². The molecule has 0 saturated carbocycles. The van der Waals surface area contributed by atoms with Crippen LogP contribution in [0.25, 0.3) is 0 Å². The van der Waals surface area contributed by atoms with Gasteiger partial charge >= 0.3 is 0 Å². The molecule has 25 heavy (non-hydrogen) atoms. The Morgan fingerprint density at radius 3 is 2.72 bits per heavy atom. The molecule has 0 amide bonds. The Kier molecular flexibility index (Phi) is 4.29. The van der Waals surface area contributed by atoms with E-state index in [9.17, 15) is 0 Å². The van der Waals surface area contributed by atoms with Crippen LogP contribution in [0.5, 0.6) is 0 Å². The average Bonchev–Trinajstić information content (AvgIpc) is 2.68. The molecule has 1 aromatic heterocycles. The number of fused-ring (bicyclic) bond motifs is 1. The fraction of sp³-hybridized carbons (Fsp3) is 0.250. The third kappa shape index (κ3) is 3.31. The quantitative estimate of drug-likeness (QED) is 0.789. The largest absolute Gasteiger partial charge is 0.339 e. The van der Waals surface area contributed by atoms with Gasteiger partial charge in [0.25, 0.3) is 0 Å². The molecule has 2 heterocycles. The highest BCUT2D eigenvalue weighted by atomic mass is 15.3. The smallest absolute Gasteiger partial charge is 0.247 e. The van der Waals surface area contributed by atoms with Crippen molar-refractivity contribution in [2.75, 3.05) is 16.8 Å². The van der Waals surface area contributed by atoms with Gasteiger partial charge in [-0.25, -0.2) is 0 Å². The van der Waals surface area contributed by atoms with Gasteiger partial charge in [-0.3, -0.25) is 0 Å². The number of nitrogens with zero attached hydrogens (tertiary/aromatic N) is 4. The second kappa shape index (κ2) is 6.89. The lowest BCUT2D eigenvalue weighted by atomic mass is 10.0. The summed E-state index contributed by atoms with van der Waals surface area (Å²) in [6.07, 6.45) is 3.65. The third-order valence-corrected chi connectivity index (χ3v) is 4.62. The Morgan fingerprint density at radius 2 is 1.84 bits per heavy atom. The van der Waals surface area contributed by atoms with Crippen molar-refractivity contribution in [1.82, 2.24) is 15.2 Å². The molecular weight excluding hydrogens is 310 g/mol. The third-order valence-electron chi connectivity index (χ3n) is 4.62. The second-order valence-corrected chi connectivity index (χ2v) is 6.22. The number of para-hydroxylation sites is 1. The van der Waals surface area contributed by atoms with Crippen molar-refractivity contribution in [3.05, 3.63) is 71.4 Å². The number of aromatic nitrogens is 3. The minimum atomic E-state index is 0.675. The van der Waals surface area contributed by atoms with Crippen LogP contribution in [0.3, 0.4) is 0 Å². The summed E-state index contributed by atoms with van der Waals surface area (Å²) in [6, 6.07) is 16.8. The van der Waals surface area contributed by atoms with Gasteiger partial charge in [0.05, 0.1) is 6.20 Å². The van der Waals surface area contributed by atoms with Crippen molar-refractivity contribution >= 4 is 17.5 Å². The summed E-state index contributed by atoms with van der Waals surface area (Å²) in [5.74, 6) is 1.40.